The maximum Gasteiger partial charge on any atom is 0.414 e. The minimum absolute atomic E-state index is 0.0253. The van der Waals surface area contributed by atoms with Crippen molar-refractivity contribution >= 4 is 23.4 Å². The highest BCUT2D eigenvalue weighted by molar-refractivity contribution is 6.02. The van der Waals surface area contributed by atoms with Crippen LogP contribution in [0.15, 0.2) is 30.9 Å². The third-order valence-corrected chi connectivity index (χ3v) is 6.88. The molecule has 2 heterocycles. The van der Waals surface area contributed by atoms with Gasteiger partial charge in [0.05, 0.1) is 30.6 Å². The van der Waals surface area contributed by atoms with Crippen molar-refractivity contribution in [1.82, 2.24) is 5.32 Å². The van der Waals surface area contributed by atoms with Crippen molar-refractivity contribution in [3.05, 3.63) is 36.4 Å². The van der Waals surface area contributed by atoms with E-state index in [0.29, 0.717) is 19.8 Å². The van der Waals surface area contributed by atoms with E-state index in [2.05, 4.69) is 24.0 Å². The van der Waals surface area contributed by atoms with Crippen molar-refractivity contribution in [3.63, 3.8) is 0 Å². The van der Waals surface area contributed by atoms with Crippen LogP contribution in [0.4, 0.5) is 16.2 Å². The van der Waals surface area contributed by atoms with Crippen LogP contribution in [0, 0.1) is 5.92 Å². The third kappa shape index (κ3) is 5.76. The van der Waals surface area contributed by atoms with Gasteiger partial charge in [-0.15, -0.1) is 6.58 Å². The van der Waals surface area contributed by atoms with Crippen molar-refractivity contribution in [3.8, 4) is 0 Å². The molecule has 0 bridgehead atoms. The molecule has 7 nitrogen and oxygen atoms in total. The van der Waals surface area contributed by atoms with Crippen molar-refractivity contribution in [1.29, 1.82) is 0 Å². The SMILES string of the molecule is C=CCC(CNCC1CC1)c1ccc2c(c1)N(C(=O)OC1CCOCC1)C[C@H](C)N2C(C)=O. The van der Waals surface area contributed by atoms with E-state index in [0.717, 1.165) is 55.2 Å². The van der Waals surface area contributed by atoms with E-state index < -0.39 is 0 Å². The zero-order chi connectivity index (χ0) is 23.4. The van der Waals surface area contributed by atoms with Gasteiger partial charge in [0.2, 0.25) is 5.91 Å². The van der Waals surface area contributed by atoms with E-state index in [4.69, 9.17) is 9.47 Å². The number of carbonyl (C=O) groups is 2. The van der Waals surface area contributed by atoms with Gasteiger partial charge in [0.1, 0.15) is 6.10 Å². The zero-order valence-corrected chi connectivity index (χ0v) is 19.9. The average Bonchev–Trinajstić information content (AvgIpc) is 3.62. The number of allylic oxidation sites excluding steroid dienone is 1. The van der Waals surface area contributed by atoms with Gasteiger partial charge in [-0.25, -0.2) is 4.79 Å². The van der Waals surface area contributed by atoms with Gasteiger partial charge in [0.25, 0.3) is 0 Å². The van der Waals surface area contributed by atoms with Gasteiger partial charge in [-0.3, -0.25) is 9.69 Å². The van der Waals surface area contributed by atoms with Crippen LogP contribution >= 0.6 is 0 Å². The molecule has 1 saturated heterocycles. The molecule has 1 unspecified atom stereocenters. The van der Waals surface area contributed by atoms with Gasteiger partial charge in [-0.1, -0.05) is 12.1 Å². The lowest BCUT2D eigenvalue weighted by Crippen LogP contribution is -2.52. The summed E-state index contributed by atoms with van der Waals surface area (Å²) in [7, 11) is 0. The molecule has 2 atom stereocenters. The first kappa shape index (κ1) is 23.8. The van der Waals surface area contributed by atoms with Gasteiger partial charge in [-0.2, -0.15) is 0 Å². The highest BCUT2D eigenvalue weighted by Gasteiger charge is 2.36. The molecular weight excluding hydrogens is 418 g/mol. The summed E-state index contributed by atoms with van der Waals surface area (Å²) in [6.45, 7) is 11.0. The average molecular weight is 456 g/mol. The molecule has 33 heavy (non-hydrogen) atoms. The first-order valence-electron chi connectivity index (χ1n) is 12.3. The lowest BCUT2D eigenvalue weighted by Gasteiger charge is -2.41. The Bertz CT molecular complexity index is 863. The monoisotopic (exact) mass is 455 g/mol. The zero-order valence-electron chi connectivity index (χ0n) is 19.9. The largest absolute Gasteiger partial charge is 0.446 e. The fourth-order valence-corrected chi connectivity index (χ4v) is 4.87. The summed E-state index contributed by atoms with van der Waals surface area (Å²) in [5.41, 5.74) is 2.64. The number of anilines is 2. The highest BCUT2D eigenvalue weighted by atomic mass is 16.6. The number of hydrogen-bond donors (Lipinski definition) is 1. The Morgan fingerprint density at radius 1 is 1.24 bits per heavy atom. The predicted octanol–water partition coefficient (Wildman–Crippen LogP) is 4.22. The fraction of sp³-hybridized carbons (Fsp3) is 0.615. The Labute approximate surface area is 197 Å². The second kappa shape index (κ2) is 10.7. The van der Waals surface area contributed by atoms with E-state index in [1.54, 1.807) is 16.7 Å². The van der Waals surface area contributed by atoms with Crippen LogP contribution in [0.2, 0.25) is 0 Å². The number of hydrogen-bond acceptors (Lipinski definition) is 5. The molecule has 1 aromatic rings. The van der Waals surface area contributed by atoms with Crippen molar-refractivity contribution in [2.45, 2.75) is 64.0 Å². The molecule has 1 aromatic carbocycles. The third-order valence-electron chi connectivity index (χ3n) is 6.88. The van der Waals surface area contributed by atoms with E-state index >= 15 is 0 Å². The van der Waals surface area contributed by atoms with Crippen molar-refractivity contribution in [2.75, 3.05) is 42.6 Å². The molecule has 1 saturated carbocycles. The van der Waals surface area contributed by atoms with Gasteiger partial charge < -0.3 is 19.7 Å². The molecular formula is C26H37N3O4. The van der Waals surface area contributed by atoms with Crippen LogP contribution in [0.1, 0.15) is 57.4 Å². The normalized spacial score (nSPS) is 21.9. The van der Waals surface area contributed by atoms with E-state index in [9.17, 15) is 9.59 Å². The minimum atomic E-state index is -0.345. The van der Waals surface area contributed by atoms with Gasteiger partial charge >= 0.3 is 6.09 Å². The van der Waals surface area contributed by atoms with E-state index in [1.807, 2.05) is 19.1 Å². The fourth-order valence-electron chi connectivity index (χ4n) is 4.87. The first-order valence-corrected chi connectivity index (χ1v) is 12.3. The summed E-state index contributed by atoms with van der Waals surface area (Å²) < 4.78 is 11.2. The van der Waals surface area contributed by atoms with E-state index in [1.165, 1.54) is 12.8 Å². The number of carbonyl (C=O) groups excluding carboxylic acids is 2. The number of benzene rings is 1. The highest BCUT2D eigenvalue weighted by Crippen LogP contribution is 2.39. The van der Waals surface area contributed by atoms with Gasteiger partial charge in [0.15, 0.2) is 0 Å². The Morgan fingerprint density at radius 2 is 2.00 bits per heavy atom. The number of rotatable bonds is 8. The molecule has 0 spiro atoms. The molecule has 0 aromatic heterocycles. The first-order chi connectivity index (χ1) is 16.0. The number of ether oxygens (including phenoxy) is 2. The second-order valence-electron chi connectivity index (χ2n) is 9.62. The predicted molar refractivity (Wildman–Crippen MR) is 130 cm³/mol. The van der Waals surface area contributed by atoms with Crippen LogP contribution in [0.25, 0.3) is 0 Å². The summed E-state index contributed by atoms with van der Waals surface area (Å²) >= 11 is 0. The Balaban J connectivity index is 1.59. The lowest BCUT2D eigenvalue weighted by molar-refractivity contribution is -0.117. The summed E-state index contributed by atoms with van der Waals surface area (Å²) in [5, 5.41) is 3.60. The molecule has 7 heteroatoms. The second-order valence-corrected chi connectivity index (χ2v) is 9.62. The summed E-state index contributed by atoms with van der Waals surface area (Å²) in [6.07, 6.45) is 6.40. The number of nitrogens with zero attached hydrogens (tertiary/aromatic N) is 2. The summed E-state index contributed by atoms with van der Waals surface area (Å²) in [4.78, 5) is 29.2. The molecule has 2 amide bonds. The standard InChI is InChI=1S/C26H37N3O4/c1-4-5-22(16-27-15-20-6-7-20)21-8-9-24-25(14-21)28(17-18(2)29(24)19(3)30)26(31)33-23-10-12-32-13-11-23/h4,8-9,14,18,20,22-23,27H,1,5-7,10-13,15-17H2,2-3H3/t18-,22?/m0/s1. The van der Waals surface area contributed by atoms with Gasteiger partial charge in [-0.05, 0) is 62.3 Å². The van der Waals surface area contributed by atoms with Crippen LogP contribution in [-0.2, 0) is 14.3 Å². The molecule has 0 radical (unpaired) electrons. The van der Waals surface area contributed by atoms with Crippen molar-refractivity contribution < 1.29 is 19.1 Å². The quantitative estimate of drug-likeness (QED) is 0.594. The van der Waals surface area contributed by atoms with Crippen LogP contribution in [0.5, 0.6) is 0 Å². The Hall–Kier alpha value is -2.38. The van der Waals surface area contributed by atoms with Crippen molar-refractivity contribution in [2.24, 2.45) is 5.92 Å². The van der Waals surface area contributed by atoms with Gasteiger partial charge in [0, 0.05) is 32.9 Å². The number of nitrogens with one attached hydrogen (secondary N) is 1. The molecule has 180 valence electrons. The molecule has 1 N–H and O–H groups in total. The Kier molecular flexibility index (Phi) is 7.71. The molecule has 3 aliphatic rings. The summed E-state index contributed by atoms with van der Waals surface area (Å²) in [5.74, 6) is 1.05. The molecule has 2 fully saturated rings. The minimum Gasteiger partial charge on any atom is -0.446 e. The van der Waals surface area contributed by atoms with Crippen LogP contribution in [-0.4, -0.2) is 57.0 Å². The smallest absolute Gasteiger partial charge is 0.414 e. The molecule has 2 aliphatic heterocycles. The Morgan fingerprint density at radius 3 is 2.67 bits per heavy atom. The van der Waals surface area contributed by atoms with Crippen LogP contribution < -0.4 is 15.1 Å². The van der Waals surface area contributed by atoms with E-state index in [-0.39, 0.29) is 30.1 Å². The number of fused-ring (bicyclic) bond motifs is 1. The molecule has 4 rings (SSSR count). The topological polar surface area (TPSA) is 71.1 Å². The maximum atomic E-state index is 13.2. The molecule has 1 aliphatic carbocycles. The maximum absolute atomic E-state index is 13.2. The summed E-state index contributed by atoms with van der Waals surface area (Å²) in [6, 6.07) is 6.00. The lowest BCUT2D eigenvalue weighted by atomic mass is 9.93. The number of amides is 2. The van der Waals surface area contributed by atoms with Crippen LogP contribution in [0.3, 0.4) is 0 Å².